The van der Waals surface area contributed by atoms with Crippen LogP contribution in [-0.2, 0) is 19.1 Å². The molecule has 0 radical (unpaired) electrons. The number of benzene rings is 1. The number of anilines is 1. The van der Waals surface area contributed by atoms with Gasteiger partial charge in [0.1, 0.15) is 5.60 Å². The summed E-state index contributed by atoms with van der Waals surface area (Å²) in [6.07, 6.45) is 2.59. The zero-order valence-electron chi connectivity index (χ0n) is 16.0. The summed E-state index contributed by atoms with van der Waals surface area (Å²) >= 11 is 3.49. The molecule has 1 fully saturated rings. The Kier molecular flexibility index (Phi) is 6.50. The van der Waals surface area contributed by atoms with Crippen LogP contribution >= 0.6 is 15.9 Å². The van der Waals surface area contributed by atoms with Crippen molar-refractivity contribution < 1.29 is 19.1 Å². The van der Waals surface area contributed by atoms with Crippen LogP contribution in [0.5, 0.6) is 0 Å². The van der Waals surface area contributed by atoms with Crippen molar-refractivity contribution in [3.8, 4) is 0 Å². The summed E-state index contributed by atoms with van der Waals surface area (Å²) in [6, 6.07) is 5.92. The van der Waals surface area contributed by atoms with Gasteiger partial charge in [-0.25, -0.2) is 4.79 Å². The highest BCUT2D eigenvalue weighted by Crippen LogP contribution is 2.31. The van der Waals surface area contributed by atoms with Crippen molar-refractivity contribution in [2.45, 2.75) is 39.7 Å². The Morgan fingerprint density at radius 1 is 1.31 bits per heavy atom. The summed E-state index contributed by atoms with van der Waals surface area (Å²) < 4.78 is 11.2. The summed E-state index contributed by atoms with van der Waals surface area (Å²) in [5.41, 5.74) is 1.90. The molecule has 1 saturated heterocycles. The predicted octanol–water partition coefficient (Wildman–Crippen LogP) is 4.19. The maximum absolute atomic E-state index is 12.3. The maximum atomic E-state index is 12.3. The molecule has 6 heteroatoms. The Morgan fingerprint density at radius 2 is 2.00 bits per heavy atom. The summed E-state index contributed by atoms with van der Waals surface area (Å²) in [5, 5.41) is 0. The second-order valence-corrected chi connectivity index (χ2v) is 8.40. The zero-order chi connectivity index (χ0) is 19.5. The fraction of sp³-hybridized carbons (Fsp3) is 0.500. The first-order valence-electron chi connectivity index (χ1n) is 8.64. The fourth-order valence-electron chi connectivity index (χ4n) is 2.92. The Balaban J connectivity index is 2.27. The normalized spacial score (nSPS) is 18.0. The van der Waals surface area contributed by atoms with Crippen molar-refractivity contribution in [3.05, 3.63) is 33.8 Å². The third-order valence-electron chi connectivity index (χ3n) is 4.15. The number of halogens is 1. The molecule has 5 nitrogen and oxygen atoms in total. The molecule has 0 saturated carbocycles. The average Bonchev–Trinajstić information content (AvgIpc) is 3.02. The van der Waals surface area contributed by atoms with Gasteiger partial charge in [-0.15, -0.1) is 0 Å². The number of hydrogen-bond donors (Lipinski definition) is 0. The van der Waals surface area contributed by atoms with Crippen LogP contribution in [0.1, 0.15) is 39.7 Å². The van der Waals surface area contributed by atoms with Crippen LogP contribution in [0.2, 0.25) is 0 Å². The van der Waals surface area contributed by atoms with Gasteiger partial charge in [0.15, 0.2) is 0 Å². The van der Waals surface area contributed by atoms with E-state index >= 15 is 0 Å². The van der Waals surface area contributed by atoms with E-state index < -0.39 is 5.60 Å². The lowest BCUT2D eigenvalue weighted by Gasteiger charge is -2.22. The standard InChI is InChI=1S/C20H26BrNO4/c1-13(18(23)26-20(2,3)4)10-15-11-16(21)6-7-17(15)22-9-8-14(12-22)19(24)25-5/h6-7,10-11,14H,8-9,12H2,1-5H3. The molecule has 0 N–H and O–H groups in total. The monoisotopic (exact) mass is 423 g/mol. The summed E-state index contributed by atoms with van der Waals surface area (Å²) in [5.74, 6) is -0.628. The molecule has 0 spiro atoms. The molecular formula is C20H26BrNO4. The highest BCUT2D eigenvalue weighted by Gasteiger charge is 2.30. The van der Waals surface area contributed by atoms with E-state index in [1.165, 1.54) is 7.11 Å². The topological polar surface area (TPSA) is 55.8 Å². The van der Waals surface area contributed by atoms with Crippen LogP contribution in [-0.4, -0.2) is 37.7 Å². The molecule has 1 aliphatic rings. The first-order chi connectivity index (χ1) is 12.1. The quantitative estimate of drug-likeness (QED) is 0.536. The van der Waals surface area contributed by atoms with E-state index in [-0.39, 0.29) is 17.9 Å². The van der Waals surface area contributed by atoms with Crippen LogP contribution in [0.4, 0.5) is 5.69 Å². The Hall–Kier alpha value is -1.82. The van der Waals surface area contributed by atoms with E-state index in [0.717, 1.165) is 28.7 Å². The lowest BCUT2D eigenvalue weighted by molar-refractivity contribution is -0.149. The molecule has 1 aromatic carbocycles. The van der Waals surface area contributed by atoms with Crippen LogP contribution in [0.25, 0.3) is 6.08 Å². The first-order valence-corrected chi connectivity index (χ1v) is 9.44. The summed E-state index contributed by atoms with van der Waals surface area (Å²) in [4.78, 5) is 26.2. The number of rotatable bonds is 4. The number of methoxy groups -OCH3 is 1. The minimum atomic E-state index is -0.533. The molecule has 142 valence electrons. The van der Waals surface area contributed by atoms with Gasteiger partial charge >= 0.3 is 11.9 Å². The lowest BCUT2D eigenvalue weighted by atomic mass is 10.1. The number of nitrogens with zero attached hydrogens (tertiary/aromatic N) is 1. The number of ether oxygens (including phenoxy) is 2. The van der Waals surface area contributed by atoms with Gasteiger partial charge in [-0.2, -0.15) is 0 Å². The third kappa shape index (κ3) is 5.34. The minimum absolute atomic E-state index is 0.118. The largest absolute Gasteiger partial charge is 0.469 e. The van der Waals surface area contributed by atoms with Gasteiger partial charge in [0.2, 0.25) is 0 Å². The van der Waals surface area contributed by atoms with E-state index in [1.807, 2.05) is 45.0 Å². The summed E-state index contributed by atoms with van der Waals surface area (Å²) in [6.45, 7) is 8.67. The summed E-state index contributed by atoms with van der Waals surface area (Å²) in [7, 11) is 1.42. The molecule has 0 aliphatic carbocycles. The van der Waals surface area contributed by atoms with E-state index in [9.17, 15) is 9.59 Å². The SMILES string of the molecule is COC(=O)C1CCN(c2ccc(Br)cc2C=C(C)C(=O)OC(C)(C)C)C1. The van der Waals surface area contributed by atoms with Crippen molar-refractivity contribution in [1.29, 1.82) is 0 Å². The predicted molar refractivity (Wildman–Crippen MR) is 106 cm³/mol. The van der Waals surface area contributed by atoms with Gasteiger partial charge in [-0.05, 0) is 64.0 Å². The molecule has 26 heavy (non-hydrogen) atoms. The average molecular weight is 424 g/mol. The number of carbonyl (C=O) groups excluding carboxylic acids is 2. The second kappa shape index (κ2) is 8.25. The molecule has 0 bridgehead atoms. The van der Waals surface area contributed by atoms with Crippen LogP contribution < -0.4 is 4.90 Å². The van der Waals surface area contributed by atoms with Gasteiger partial charge in [0.05, 0.1) is 13.0 Å². The van der Waals surface area contributed by atoms with E-state index in [2.05, 4.69) is 20.8 Å². The Morgan fingerprint density at radius 3 is 2.62 bits per heavy atom. The van der Waals surface area contributed by atoms with Crippen molar-refractivity contribution in [1.82, 2.24) is 0 Å². The Labute approximate surface area is 163 Å². The van der Waals surface area contributed by atoms with E-state index in [0.29, 0.717) is 12.1 Å². The van der Waals surface area contributed by atoms with Crippen LogP contribution in [0, 0.1) is 5.92 Å². The number of esters is 2. The molecule has 2 rings (SSSR count). The second-order valence-electron chi connectivity index (χ2n) is 7.49. The molecular weight excluding hydrogens is 398 g/mol. The van der Waals surface area contributed by atoms with Gasteiger partial charge < -0.3 is 14.4 Å². The Bertz CT molecular complexity index is 721. The van der Waals surface area contributed by atoms with Crippen molar-refractivity contribution in [3.63, 3.8) is 0 Å². The molecule has 1 atom stereocenters. The minimum Gasteiger partial charge on any atom is -0.469 e. The smallest absolute Gasteiger partial charge is 0.334 e. The molecule has 1 aromatic rings. The van der Waals surface area contributed by atoms with Gasteiger partial charge in [0.25, 0.3) is 0 Å². The molecule has 1 heterocycles. The van der Waals surface area contributed by atoms with Crippen LogP contribution in [0.3, 0.4) is 0 Å². The molecule has 1 unspecified atom stereocenters. The lowest BCUT2D eigenvalue weighted by Crippen LogP contribution is -2.25. The van der Waals surface area contributed by atoms with Crippen molar-refractivity contribution in [2.24, 2.45) is 5.92 Å². The highest BCUT2D eigenvalue weighted by molar-refractivity contribution is 9.10. The molecule has 1 aliphatic heterocycles. The van der Waals surface area contributed by atoms with E-state index in [4.69, 9.17) is 9.47 Å². The van der Waals surface area contributed by atoms with Gasteiger partial charge in [0, 0.05) is 28.8 Å². The van der Waals surface area contributed by atoms with Gasteiger partial charge in [-0.1, -0.05) is 15.9 Å². The van der Waals surface area contributed by atoms with Gasteiger partial charge in [-0.3, -0.25) is 4.79 Å². The maximum Gasteiger partial charge on any atom is 0.334 e. The molecule has 0 amide bonds. The fourth-order valence-corrected chi connectivity index (χ4v) is 3.30. The zero-order valence-corrected chi connectivity index (χ0v) is 17.6. The highest BCUT2D eigenvalue weighted by atomic mass is 79.9. The van der Waals surface area contributed by atoms with Crippen LogP contribution in [0.15, 0.2) is 28.2 Å². The molecule has 0 aromatic heterocycles. The first kappa shape index (κ1) is 20.5. The number of hydrogen-bond acceptors (Lipinski definition) is 5. The van der Waals surface area contributed by atoms with Crippen molar-refractivity contribution >= 4 is 39.6 Å². The number of carbonyl (C=O) groups is 2. The van der Waals surface area contributed by atoms with Crippen molar-refractivity contribution in [2.75, 3.05) is 25.1 Å². The third-order valence-corrected chi connectivity index (χ3v) is 4.64. The van der Waals surface area contributed by atoms with E-state index in [1.54, 1.807) is 6.92 Å².